The summed E-state index contributed by atoms with van der Waals surface area (Å²) < 4.78 is 4.76. The number of hydrogen-bond donors (Lipinski definition) is 1. The van der Waals surface area contributed by atoms with E-state index in [1.165, 1.54) is 5.01 Å². The number of ether oxygens (including phenoxy) is 1. The number of amides is 1. The molecule has 0 atom stereocenters. The van der Waals surface area contributed by atoms with Crippen molar-refractivity contribution in [3.8, 4) is 0 Å². The van der Waals surface area contributed by atoms with Gasteiger partial charge in [-0.05, 0) is 12.1 Å². The highest BCUT2D eigenvalue weighted by atomic mass is 16.6. The van der Waals surface area contributed by atoms with Gasteiger partial charge in [0.25, 0.3) is 0 Å². The van der Waals surface area contributed by atoms with Crippen molar-refractivity contribution < 1.29 is 9.53 Å². The molecule has 0 aliphatic carbocycles. The Labute approximate surface area is 76.1 Å². The van der Waals surface area contributed by atoms with E-state index in [4.69, 9.17) is 4.74 Å². The summed E-state index contributed by atoms with van der Waals surface area (Å²) in [5.74, 6) is 0. The Bertz CT molecular complexity index is 300. The lowest BCUT2D eigenvalue weighted by Gasteiger charge is -2.14. The Morgan fingerprint density at radius 3 is 2.69 bits per heavy atom. The van der Waals surface area contributed by atoms with Gasteiger partial charge in [-0.25, -0.2) is 9.80 Å². The van der Waals surface area contributed by atoms with Gasteiger partial charge in [0.1, 0.15) is 6.61 Å². The number of nitrogens with zero attached hydrogens (tertiary/aromatic N) is 1. The first kappa shape index (κ1) is 7.91. The number of carbonyl (C=O) groups is 1. The van der Waals surface area contributed by atoms with Gasteiger partial charge in [0.15, 0.2) is 0 Å². The molecule has 2 rings (SSSR count). The molecule has 0 saturated carbocycles. The molecule has 0 bridgehead atoms. The van der Waals surface area contributed by atoms with Gasteiger partial charge in [-0.15, -0.1) is 0 Å². The van der Waals surface area contributed by atoms with Gasteiger partial charge >= 0.3 is 6.09 Å². The lowest BCUT2D eigenvalue weighted by Crippen LogP contribution is -2.30. The summed E-state index contributed by atoms with van der Waals surface area (Å²) in [5.41, 5.74) is 3.84. The average Bonchev–Trinajstić information content (AvgIpc) is 2.54. The Balaban J connectivity index is 2.02. The highest BCUT2D eigenvalue weighted by molar-refractivity contribution is 5.71. The molecule has 1 aliphatic heterocycles. The summed E-state index contributed by atoms with van der Waals surface area (Å²) in [6, 6.07) is 9.53. The van der Waals surface area contributed by atoms with Gasteiger partial charge < -0.3 is 4.74 Å². The number of hydrazine groups is 1. The smallest absolute Gasteiger partial charge is 0.428 e. The monoisotopic (exact) mass is 178 g/mol. The van der Waals surface area contributed by atoms with Crippen LogP contribution in [0.4, 0.5) is 10.5 Å². The van der Waals surface area contributed by atoms with E-state index in [-0.39, 0.29) is 6.09 Å². The number of cyclic esters (lactones) is 1. The zero-order valence-electron chi connectivity index (χ0n) is 7.06. The van der Waals surface area contributed by atoms with Crippen LogP contribution in [0.25, 0.3) is 0 Å². The maximum atomic E-state index is 11.0. The topological polar surface area (TPSA) is 41.6 Å². The second-order valence-electron chi connectivity index (χ2n) is 2.74. The molecule has 1 heterocycles. The minimum atomic E-state index is -0.316. The van der Waals surface area contributed by atoms with Crippen molar-refractivity contribution in [2.45, 2.75) is 0 Å². The van der Waals surface area contributed by atoms with Crippen molar-refractivity contribution >= 4 is 11.8 Å². The van der Waals surface area contributed by atoms with Crippen molar-refractivity contribution in [2.75, 3.05) is 18.6 Å². The molecule has 4 nitrogen and oxygen atoms in total. The summed E-state index contributed by atoms with van der Waals surface area (Å²) in [5, 5.41) is 1.45. The molecule has 0 aromatic heterocycles. The van der Waals surface area contributed by atoms with Crippen LogP contribution in [0, 0.1) is 0 Å². The van der Waals surface area contributed by atoms with Crippen LogP contribution in [0.15, 0.2) is 30.3 Å². The molecule has 1 aliphatic rings. The third-order valence-corrected chi connectivity index (χ3v) is 1.80. The van der Waals surface area contributed by atoms with Crippen molar-refractivity contribution in [2.24, 2.45) is 0 Å². The normalized spacial score (nSPS) is 15.7. The molecule has 1 aromatic carbocycles. The Hall–Kier alpha value is -1.71. The number of rotatable bonds is 2. The molecule has 0 spiro atoms. The van der Waals surface area contributed by atoms with Gasteiger partial charge in [-0.3, -0.25) is 5.43 Å². The number of carbonyl (C=O) groups excluding carboxylic acids is 1. The third kappa shape index (κ3) is 1.72. The highest BCUT2D eigenvalue weighted by Crippen LogP contribution is 2.09. The fraction of sp³-hybridized carbons (Fsp3) is 0.222. The minimum absolute atomic E-state index is 0.316. The zero-order valence-corrected chi connectivity index (χ0v) is 7.06. The Morgan fingerprint density at radius 2 is 2.08 bits per heavy atom. The van der Waals surface area contributed by atoms with Gasteiger partial charge in [0, 0.05) is 0 Å². The molecular formula is C9H10N2O2. The number of hydrogen-bond acceptors (Lipinski definition) is 3. The number of benzene rings is 1. The lowest BCUT2D eigenvalue weighted by molar-refractivity contribution is 0.163. The van der Waals surface area contributed by atoms with Crippen LogP contribution in [-0.2, 0) is 4.74 Å². The molecule has 1 fully saturated rings. The maximum absolute atomic E-state index is 11.0. The van der Waals surface area contributed by atoms with Crippen LogP contribution in [-0.4, -0.2) is 24.3 Å². The molecule has 1 aromatic rings. The number of nitrogens with one attached hydrogen (secondary N) is 1. The first-order chi connectivity index (χ1) is 6.36. The SMILES string of the molecule is O=C1OCCN1Nc1ccccc1. The minimum Gasteiger partial charge on any atom is -0.446 e. The third-order valence-electron chi connectivity index (χ3n) is 1.80. The predicted octanol–water partition coefficient (Wildman–Crippen LogP) is 1.47. The summed E-state index contributed by atoms with van der Waals surface area (Å²) >= 11 is 0. The van der Waals surface area contributed by atoms with Gasteiger partial charge in [-0.1, -0.05) is 18.2 Å². The molecule has 1 N–H and O–H groups in total. The Morgan fingerprint density at radius 1 is 1.31 bits per heavy atom. The van der Waals surface area contributed by atoms with Crippen LogP contribution in [0.2, 0.25) is 0 Å². The first-order valence-electron chi connectivity index (χ1n) is 4.12. The highest BCUT2D eigenvalue weighted by Gasteiger charge is 2.21. The van der Waals surface area contributed by atoms with Gasteiger partial charge in [0.2, 0.25) is 0 Å². The summed E-state index contributed by atoms with van der Waals surface area (Å²) in [7, 11) is 0. The van der Waals surface area contributed by atoms with E-state index in [2.05, 4.69) is 5.43 Å². The van der Waals surface area contributed by atoms with Crippen molar-refractivity contribution in [1.29, 1.82) is 0 Å². The molecule has 68 valence electrons. The van der Waals surface area contributed by atoms with E-state index in [1.807, 2.05) is 30.3 Å². The number of para-hydroxylation sites is 1. The molecule has 1 amide bonds. The molecule has 1 saturated heterocycles. The van der Waals surface area contributed by atoms with E-state index >= 15 is 0 Å². The molecular weight excluding hydrogens is 168 g/mol. The quantitative estimate of drug-likeness (QED) is 0.745. The van der Waals surface area contributed by atoms with Crippen LogP contribution in [0.1, 0.15) is 0 Å². The summed E-state index contributed by atoms with van der Waals surface area (Å²) in [4.78, 5) is 11.0. The average molecular weight is 178 g/mol. The molecule has 13 heavy (non-hydrogen) atoms. The second kappa shape index (κ2) is 3.35. The predicted molar refractivity (Wildman–Crippen MR) is 48.1 cm³/mol. The molecule has 0 radical (unpaired) electrons. The standard InChI is InChI=1S/C9H10N2O2/c12-9-11(6-7-13-9)10-8-4-2-1-3-5-8/h1-5,10H,6-7H2. The van der Waals surface area contributed by atoms with E-state index in [9.17, 15) is 4.79 Å². The summed E-state index contributed by atoms with van der Waals surface area (Å²) in [6.45, 7) is 1.05. The van der Waals surface area contributed by atoms with Crippen molar-refractivity contribution in [1.82, 2.24) is 5.01 Å². The van der Waals surface area contributed by atoms with Crippen LogP contribution in [0.5, 0.6) is 0 Å². The zero-order chi connectivity index (χ0) is 9.10. The number of anilines is 1. The fourth-order valence-corrected chi connectivity index (χ4v) is 1.16. The first-order valence-corrected chi connectivity index (χ1v) is 4.12. The van der Waals surface area contributed by atoms with Crippen LogP contribution in [0.3, 0.4) is 0 Å². The second-order valence-corrected chi connectivity index (χ2v) is 2.74. The lowest BCUT2D eigenvalue weighted by atomic mass is 10.3. The Kier molecular flexibility index (Phi) is 2.04. The van der Waals surface area contributed by atoms with Gasteiger partial charge in [0.05, 0.1) is 12.2 Å². The van der Waals surface area contributed by atoms with E-state index in [0.717, 1.165) is 5.69 Å². The fourth-order valence-electron chi connectivity index (χ4n) is 1.16. The van der Waals surface area contributed by atoms with Gasteiger partial charge in [-0.2, -0.15) is 0 Å². The molecule has 0 unspecified atom stereocenters. The van der Waals surface area contributed by atoms with Crippen molar-refractivity contribution in [3.05, 3.63) is 30.3 Å². The maximum Gasteiger partial charge on any atom is 0.428 e. The van der Waals surface area contributed by atoms with Crippen LogP contribution >= 0.6 is 0 Å². The van der Waals surface area contributed by atoms with Crippen LogP contribution < -0.4 is 5.43 Å². The van der Waals surface area contributed by atoms with Crippen molar-refractivity contribution in [3.63, 3.8) is 0 Å². The van der Waals surface area contributed by atoms with E-state index in [1.54, 1.807) is 0 Å². The van der Waals surface area contributed by atoms with E-state index < -0.39 is 0 Å². The molecule has 4 heteroatoms. The summed E-state index contributed by atoms with van der Waals surface area (Å²) in [6.07, 6.45) is -0.316. The largest absolute Gasteiger partial charge is 0.446 e. The van der Waals surface area contributed by atoms with E-state index in [0.29, 0.717) is 13.2 Å².